The van der Waals surface area contributed by atoms with Crippen molar-refractivity contribution < 1.29 is 28.5 Å². The lowest BCUT2D eigenvalue weighted by molar-refractivity contribution is 0.0733. The van der Waals surface area contributed by atoms with E-state index in [0.717, 1.165) is 4.47 Å². The Bertz CT molecular complexity index is 1150. The Morgan fingerprint density at radius 3 is 2.09 bits per heavy atom. The first-order valence-corrected chi connectivity index (χ1v) is 10.5. The van der Waals surface area contributed by atoms with Crippen LogP contribution in [0.4, 0.5) is 0 Å². The lowest BCUT2D eigenvalue weighted by Gasteiger charge is -2.14. The summed E-state index contributed by atoms with van der Waals surface area (Å²) in [5.41, 5.74) is 3.61. The van der Waals surface area contributed by atoms with Crippen LogP contribution in [0, 0.1) is 0 Å². The molecule has 8 nitrogen and oxygen atoms in total. The highest BCUT2D eigenvalue weighted by Crippen LogP contribution is 2.38. The molecule has 0 aliphatic heterocycles. The van der Waals surface area contributed by atoms with Crippen molar-refractivity contribution in [3.05, 3.63) is 81.8 Å². The van der Waals surface area contributed by atoms with Crippen LogP contribution in [0.1, 0.15) is 26.3 Å². The van der Waals surface area contributed by atoms with Gasteiger partial charge in [0.25, 0.3) is 5.91 Å². The minimum absolute atomic E-state index is 0.208. The molecule has 0 saturated heterocycles. The van der Waals surface area contributed by atoms with E-state index in [2.05, 4.69) is 26.5 Å². The van der Waals surface area contributed by atoms with E-state index in [1.807, 2.05) is 0 Å². The number of methoxy groups -OCH3 is 3. The first-order valence-electron chi connectivity index (χ1n) is 9.67. The highest BCUT2D eigenvalue weighted by molar-refractivity contribution is 9.10. The Kier molecular flexibility index (Phi) is 8.04. The summed E-state index contributed by atoms with van der Waals surface area (Å²) in [6.07, 6.45) is 1.40. The number of benzene rings is 3. The summed E-state index contributed by atoms with van der Waals surface area (Å²) in [5, 5.41) is 3.97. The average Bonchev–Trinajstić information content (AvgIpc) is 2.84. The van der Waals surface area contributed by atoms with Gasteiger partial charge in [-0.3, -0.25) is 4.79 Å². The van der Waals surface area contributed by atoms with E-state index in [4.69, 9.17) is 18.9 Å². The van der Waals surface area contributed by atoms with Gasteiger partial charge in [-0.1, -0.05) is 28.1 Å². The maximum absolute atomic E-state index is 12.8. The highest BCUT2D eigenvalue weighted by Gasteiger charge is 2.19. The largest absolute Gasteiger partial charge is 0.493 e. The number of rotatable bonds is 8. The van der Waals surface area contributed by atoms with Crippen molar-refractivity contribution >= 4 is 34.0 Å². The topological polar surface area (TPSA) is 95.5 Å². The molecule has 33 heavy (non-hydrogen) atoms. The number of nitrogens with one attached hydrogen (secondary N) is 1. The van der Waals surface area contributed by atoms with Crippen LogP contribution < -0.4 is 24.4 Å². The third kappa shape index (κ3) is 5.89. The summed E-state index contributed by atoms with van der Waals surface area (Å²) in [4.78, 5) is 25.0. The van der Waals surface area contributed by atoms with E-state index in [1.165, 1.54) is 39.7 Å². The number of carbonyl (C=O) groups is 2. The fourth-order valence-electron chi connectivity index (χ4n) is 2.86. The molecule has 0 atom stereocenters. The molecule has 3 aromatic rings. The molecule has 9 heteroatoms. The molecule has 0 spiro atoms. The number of ether oxygens (including phenoxy) is 4. The van der Waals surface area contributed by atoms with Crippen LogP contribution in [0.15, 0.2) is 70.2 Å². The molecule has 0 unspecified atom stereocenters. The smallest absolute Gasteiger partial charge is 0.343 e. The maximum atomic E-state index is 12.8. The number of esters is 1. The van der Waals surface area contributed by atoms with Gasteiger partial charge in [0.05, 0.1) is 33.1 Å². The van der Waals surface area contributed by atoms with E-state index in [0.29, 0.717) is 28.4 Å². The van der Waals surface area contributed by atoms with Crippen LogP contribution in [0.5, 0.6) is 23.0 Å². The molecule has 170 valence electrons. The minimum atomic E-state index is -0.631. The lowest BCUT2D eigenvalue weighted by Crippen LogP contribution is -2.17. The number of nitrogens with zero attached hydrogens (tertiary/aromatic N) is 1. The monoisotopic (exact) mass is 512 g/mol. The van der Waals surface area contributed by atoms with Gasteiger partial charge in [-0.15, -0.1) is 0 Å². The fraction of sp³-hybridized carbons (Fsp3) is 0.125. The summed E-state index contributed by atoms with van der Waals surface area (Å²) in [6.45, 7) is 0. The van der Waals surface area contributed by atoms with Crippen molar-refractivity contribution in [2.75, 3.05) is 21.3 Å². The first-order chi connectivity index (χ1) is 16.0. The number of para-hydroxylation sites is 1. The van der Waals surface area contributed by atoms with Gasteiger partial charge in [0.15, 0.2) is 11.5 Å². The van der Waals surface area contributed by atoms with Crippen molar-refractivity contribution in [1.82, 2.24) is 5.43 Å². The molecule has 0 aliphatic carbocycles. The van der Waals surface area contributed by atoms with Crippen LogP contribution in [0.2, 0.25) is 0 Å². The van der Waals surface area contributed by atoms with E-state index in [1.54, 1.807) is 48.5 Å². The van der Waals surface area contributed by atoms with Gasteiger partial charge >= 0.3 is 5.97 Å². The summed E-state index contributed by atoms with van der Waals surface area (Å²) in [7, 11) is 4.39. The first kappa shape index (κ1) is 23.8. The standard InChI is InChI=1S/C24H21BrN2O6/c1-30-20-12-17(13-21(31-2)22(20)32-3)24(29)33-19-7-5-4-6-16(19)14-26-27-23(28)15-8-10-18(25)11-9-15/h4-14H,1-3H3,(H,27,28)/b26-14+. The van der Waals surface area contributed by atoms with E-state index >= 15 is 0 Å². The van der Waals surface area contributed by atoms with Crippen LogP contribution in [0.25, 0.3) is 0 Å². The van der Waals surface area contributed by atoms with Crippen molar-refractivity contribution in [2.24, 2.45) is 5.10 Å². The number of halogens is 1. The van der Waals surface area contributed by atoms with Gasteiger partial charge in [-0.25, -0.2) is 10.2 Å². The third-order valence-corrected chi connectivity index (χ3v) is 5.03. The van der Waals surface area contributed by atoms with Crippen LogP contribution in [-0.4, -0.2) is 39.4 Å². The zero-order valence-corrected chi connectivity index (χ0v) is 19.7. The zero-order chi connectivity index (χ0) is 23.8. The SMILES string of the molecule is COc1cc(C(=O)Oc2ccccc2/C=N/NC(=O)c2ccc(Br)cc2)cc(OC)c1OC. The predicted octanol–water partition coefficient (Wildman–Crippen LogP) is 4.46. The number of amides is 1. The zero-order valence-electron chi connectivity index (χ0n) is 18.1. The van der Waals surface area contributed by atoms with Crippen LogP contribution in [0.3, 0.4) is 0 Å². The molecule has 0 radical (unpaired) electrons. The Balaban J connectivity index is 1.76. The second kappa shape index (κ2) is 11.1. The predicted molar refractivity (Wildman–Crippen MR) is 127 cm³/mol. The summed E-state index contributed by atoms with van der Waals surface area (Å²) in [6, 6.07) is 16.7. The summed E-state index contributed by atoms with van der Waals surface area (Å²) >= 11 is 3.32. The second-order valence-electron chi connectivity index (χ2n) is 6.55. The molecular weight excluding hydrogens is 492 g/mol. The number of hydrogen-bond acceptors (Lipinski definition) is 7. The molecule has 1 amide bonds. The molecule has 0 bridgehead atoms. The highest BCUT2D eigenvalue weighted by atomic mass is 79.9. The summed E-state index contributed by atoms with van der Waals surface area (Å²) in [5.74, 6) is 0.284. The van der Waals surface area contributed by atoms with Gasteiger partial charge in [0, 0.05) is 15.6 Å². The minimum Gasteiger partial charge on any atom is -0.493 e. The molecule has 0 aliphatic rings. The quantitative estimate of drug-likeness (QED) is 0.207. The Morgan fingerprint density at radius 1 is 0.848 bits per heavy atom. The Morgan fingerprint density at radius 2 is 1.48 bits per heavy atom. The maximum Gasteiger partial charge on any atom is 0.343 e. The number of hydrogen-bond donors (Lipinski definition) is 1. The van der Waals surface area contributed by atoms with Gasteiger partial charge in [-0.2, -0.15) is 5.10 Å². The molecule has 0 saturated carbocycles. The molecule has 3 aromatic carbocycles. The molecule has 3 rings (SSSR count). The van der Waals surface area contributed by atoms with Gasteiger partial charge in [0.1, 0.15) is 5.75 Å². The Labute approximate surface area is 199 Å². The molecular formula is C24H21BrN2O6. The van der Waals surface area contributed by atoms with Crippen molar-refractivity contribution in [3.63, 3.8) is 0 Å². The van der Waals surface area contributed by atoms with Gasteiger partial charge < -0.3 is 18.9 Å². The van der Waals surface area contributed by atoms with E-state index < -0.39 is 5.97 Å². The lowest BCUT2D eigenvalue weighted by atomic mass is 10.1. The van der Waals surface area contributed by atoms with Gasteiger partial charge in [-0.05, 0) is 48.5 Å². The Hall–Kier alpha value is -3.85. The normalized spacial score (nSPS) is 10.5. The van der Waals surface area contributed by atoms with Crippen molar-refractivity contribution in [1.29, 1.82) is 0 Å². The molecule has 0 aromatic heterocycles. The molecule has 0 heterocycles. The van der Waals surface area contributed by atoms with Crippen LogP contribution in [-0.2, 0) is 0 Å². The average molecular weight is 513 g/mol. The number of carbonyl (C=O) groups excluding carboxylic acids is 2. The second-order valence-corrected chi connectivity index (χ2v) is 7.46. The number of hydrazone groups is 1. The van der Waals surface area contributed by atoms with Gasteiger partial charge in [0.2, 0.25) is 5.75 Å². The van der Waals surface area contributed by atoms with Crippen LogP contribution >= 0.6 is 15.9 Å². The third-order valence-electron chi connectivity index (χ3n) is 4.50. The summed E-state index contributed by atoms with van der Waals surface area (Å²) < 4.78 is 22.3. The van der Waals surface area contributed by atoms with E-state index in [-0.39, 0.29) is 17.2 Å². The van der Waals surface area contributed by atoms with Crippen molar-refractivity contribution in [2.45, 2.75) is 0 Å². The van der Waals surface area contributed by atoms with E-state index in [9.17, 15) is 9.59 Å². The van der Waals surface area contributed by atoms with Crippen molar-refractivity contribution in [3.8, 4) is 23.0 Å². The molecule has 1 N–H and O–H groups in total. The fourth-order valence-corrected chi connectivity index (χ4v) is 3.13. The molecule has 0 fully saturated rings.